The standard InChI is InChI=1S/C20H23N5O2S2/c1-4-25-19(16-6-5-11-28-16)22-23-20(25)29-13-18(27)24(3)12-17(26)21-15-9-7-14(2)8-10-15/h5-11H,4,12-13H2,1-3H3,(H,21,26). The number of likely N-dealkylation sites (N-methyl/N-ethyl adjacent to an activating group) is 1. The molecule has 0 spiro atoms. The second-order valence-electron chi connectivity index (χ2n) is 6.48. The quantitative estimate of drug-likeness (QED) is 0.554. The van der Waals surface area contributed by atoms with Crippen LogP contribution in [-0.4, -0.2) is 50.8 Å². The maximum atomic E-state index is 12.5. The van der Waals surface area contributed by atoms with Gasteiger partial charge >= 0.3 is 0 Å². The van der Waals surface area contributed by atoms with E-state index in [-0.39, 0.29) is 24.1 Å². The molecule has 3 aromatic rings. The van der Waals surface area contributed by atoms with Gasteiger partial charge in [0.15, 0.2) is 11.0 Å². The Bertz CT molecular complexity index is 967. The van der Waals surface area contributed by atoms with E-state index >= 15 is 0 Å². The molecule has 0 bridgehead atoms. The number of hydrogen-bond donors (Lipinski definition) is 1. The minimum Gasteiger partial charge on any atom is -0.336 e. The SMILES string of the molecule is CCn1c(SCC(=O)N(C)CC(=O)Nc2ccc(C)cc2)nnc1-c1cccs1. The van der Waals surface area contributed by atoms with E-state index in [0.29, 0.717) is 17.4 Å². The van der Waals surface area contributed by atoms with Gasteiger partial charge in [0.25, 0.3) is 0 Å². The van der Waals surface area contributed by atoms with Crippen LogP contribution in [0.3, 0.4) is 0 Å². The van der Waals surface area contributed by atoms with Gasteiger partial charge in [0.05, 0.1) is 17.2 Å². The van der Waals surface area contributed by atoms with E-state index in [1.165, 1.54) is 16.7 Å². The van der Waals surface area contributed by atoms with Crippen molar-refractivity contribution in [3.8, 4) is 10.7 Å². The number of nitrogens with one attached hydrogen (secondary N) is 1. The van der Waals surface area contributed by atoms with Crippen molar-refractivity contribution < 1.29 is 9.59 Å². The molecule has 0 radical (unpaired) electrons. The van der Waals surface area contributed by atoms with Crippen LogP contribution in [0, 0.1) is 6.92 Å². The van der Waals surface area contributed by atoms with Crippen LogP contribution in [0.4, 0.5) is 5.69 Å². The van der Waals surface area contributed by atoms with Crippen molar-refractivity contribution in [3.05, 3.63) is 47.3 Å². The van der Waals surface area contributed by atoms with Gasteiger partial charge in [0.1, 0.15) is 0 Å². The Kier molecular flexibility index (Phi) is 7.05. The summed E-state index contributed by atoms with van der Waals surface area (Å²) in [6.45, 7) is 4.71. The number of anilines is 1. The third-order valence-electron chi connectivity index (χ3n) is 4.24. The Morgan fingerprint density at radius 3 is 2.62 bits per heavy atom. The van der Waals surface area contributed by atoms with Gasteiger partial charge < -0.3 is 14.8 Å². The van der Waals surface area contributed by atoms with Crippen molar-refractivity contribution in [3.63, 3.8) is 0 Å². The third kappa shape index (κ3) is 5.45. The summed E-state index contributed by atoms with van der Waals surface area (Å²) in [5, 5.41) is 14.0. The molecule has 2 amide bonds. The number of carbonyl (C=O) groups excluding carboxylic acids is 2. The molecule has 29 heavy (non-hydrogen) atoms. The largest absolute Gasteiger partial charge is 0.336 e. The number of nitrogens with zero attached hydrogens (tertiary/aromatic N) is 4. The summed E-state index contributed by atoms with van der Waals surface area (Å²) >= 11 is 2.93. The second kappa shape index (κ2) is 9.71. The highest BCUT2D eigenvalue weighted by Crippen LogP contribution is 2.27. The summed E-state index contributed by atoms with van der Waals surface area (Å²) in [5.41, 5.74) is 1.84. The highest BCUT2D eigenvalue weighted by atomic mass is 32.2. The Morgan fingerprint density at radius 1 is 1.21 bits per heavy atom. The number of carbonyl (C=O) groups is 2. The van der Waals surface area contributed by atoms with E-state index in [0.717, 1.165) is 16.3 Å². The molecule has 7 nitrogen and oxygen atoms in total. The van der Waals surface area contributed by atoms with Crippen molar-refractivity contribution in [2.24, 2.45) is 0 Å². The zero-order valence-electron chi connectivity index (χ0n) is 16.6. The highest BCUT2D eigenvalue weighted by molar-refractivity contribution is 7.99. The average Bonchev–Trinajstić information content (AvgIpc) is 3.36. The molecule has 152 valence electrons. The zero-order chi connectivity index (χ0) is 20.8. The number of hydrogen-bond acceptors (Lipinski definition) is 6. The minimum absolute atomic E-state index is 0.00577. The molecule has 3 rings (SSSR count). The first-order valence-corrected chi connectivity index (χ1v) is 11.0. The molecule has 1 N–H and O–H groups in total. The smallest absolute Gasteiger partial charge is 0.243 e. The van der Waals surface area contributed by atoms with Crippen molar-refractivity contribution in [1.82, 2.24) is 19.7 Å². The molecule has 0 fully saturated rings. The van der Waals surface area contributed by atoms with E-state index in [1.54, 1.807) is 18.4 Å². The van der Waals surface area contributed by atoms with Crippen molar-refractivity contribution in [2.45, 2.75) is 25.5 Å². The van der Waals surface area contributed by atoms with Crippen LogP contribution in [0.2, 0.25) is 0 Å². The molecule has 0 saturated heterocycles. The summed E-state index contributed by atoms with van der Waals surface area (Å²) in [5.74, 6) is 0.628. The second-order valence-corrected chi connectivity index (χ2v) is 8.37. The van der Waals surface area contributed by atoms with Crippen molar-refractivity contribution >= 4 is 40.6 Å². The van der Waals surface area contributed by atoms with Gasteiger partial charge in [-0.2, -0.15) is 0 Å². The van der Waals surface area contributed by atoms with Crippen LogP contribution in [-0.2, 0) is 16.1 Å². The molecule has 0 saturated carbocycles. The molecule has 0 aliphatic rings. The number of benzene rings is 1. The van der Waals surface area contributed by atoms with Gasteiger partial charge in [-0.05, 0) is 37.4 Å². The lowest BCUT2D eigenvalue weighted by Gasteiger charge is -2.16. The summed E-state index contributed by atoms with van der Waals surface area (Å²) in [6, 6.07) is 11.5. The molecule has 0 unspecified atom stereocenters. The monoisotopic (exact) mass is 429 g/mol. The van der Waals surface area contributed by atoms with Crippen LogP contribution < -0.4 is 5.32 Å². The van der Waals surface area contributed by atoms with Gasteiger partial charge in [-0.1, -0.05) is 35.5 Å². The summed E-state index contributed by atoms with van der Waals surface area (Å²) < 4.78 is 1.99. The predicted molar refractivity (Wildman–Crippen MR) is 117 cm³/mol. The number of aryl methyl sites for hydroxylation is 1. The molecule has 0 atom stereocenters. The van der Waals surface area contributed by atoms with Crippen LogP contribution in [0.5, 0.6) is 0 Å². The zero-order valence-corrected chi connectivity index (χ0v) is 18.2. The van der Waals surface area contributed by atoms with Crippen LogP contribution in [0.1, 0.15) is 12.5 Å². The average molecular weight is 430 g/mol. The lowest BCUT2D eigenvalue weighted by atomic mass is 10.2. The number of thiophene rings is 1. The number of aromatic nitrogens is 3. The van der Waals surface area contributed by atoms with Gasteiger partial charge in [-0.15, -0.1) is 21.5 Å². The summed E-state index contributed by atoms with van der Waals surface area (Å²) in [6.07, 6.45) is 0. The Hall–Kier alpha value is -2.65. The summed E-state index contributed by atoms with van der Waals surface area (Å²) in [4.78, 5) is 27.1. The van der Waals surface area contributed by atoms with E-state index in [1.807, 2.05) is 60.2 Å². The molecule has 1 aromatic carbocycles. The van der Waals surface area contributed by atoms with E-state index in [4.69, 9.17) is 0 Å². The molecular weight excluding hydrogens is 406 g/mol. The lowest BCUT2D eigenvalue weighted by Crippen LogP contribution is -2.36. The Labute approximate surface area is 178 Å². The van der Waals surface area contributed by atoms with Gasteiger partial charge in [-0.3, -0.25) is 9.59 Å². The van der Waals surface area contributed by atoms with E-state index in [2.05, 4.69) is 15.5 Å². The topological polar surface area (TPSA) is 80.1 Å². The molecule has 9 heteroatoms. The normalized spacial score (nSPS) is 10.7. The molecule has 0 aliphatic heterocycles. The third-order valence-corrected chi connectivity index (χ3v) is 6.06. The molecule has 0 aliphatic carbocycles. The fourth-order valence-corrected chi connectivity index (χ4v) is 4.31. The number of rotatable bonds is 8. The summed E-state index contributed by atoms with van der Waals surface area (Å²) in [7, 11) is 1.62. The van der Waals surface area contributed by atoms with Crippen molar-refractivity contribution in [2.75, 3.05) is 24.7 Å². The number of amides is 2. The van der Waals surface area contributed by atoms with Crippen LogP contribution in [0.25, 0.3) is 10.7 Å². The predicted octanol–water partition coefficient (Wildman–Crippen LogP) is 3.52. The first kappa shape index (κ1) is 21.1. The lowest BCUT2D eigenvalue weighted by molar-refractivity contribution is -0.131. The molecule has 2 heterocycles. The first-order valence-electron chi connectivity index (χ1n) is 9.18. The number of thioether (sulfide) groups is 1. The maximum Gasteiger partial charge on any atom is 0.243 e. The minimum atomic E-state index is -0.230. The molecule has 2 aromatic heterocycles. The van der Waals surface area contributed by atoms with Gasteiger partial charge in [-0.25, -0.2) is 0 Å². The first-order chi connectivity index (χ1) is 14.0. The van der Waals surface area contributed by atoms with Gasteiger partial charge in [0.2, 0.25) is 11.8 Å². The van der Waals surface area contributed by atoms with Gasteiger partial charge in [0, 0.05) is 19.3 Å². The maximum absolute atomic E-state index is 12.5. The van der Waals surface area contributed by atoms with Crippen LogP contribution in [0.15, 0.2) is 46.9 Å². The van der Waals surface area contributed by atoms with Crippen molar-refractivity contribution in [1.29, 1.82) is 0 Å². The Morgan fingerprint density at radius 2 is 1.97 bits per heavy atom. The van der Waals surface area contributed by atoms with Crippen LogP contribution >= 0.6 is 23.1 Å². The fourth-order valence-electron chi connectivity index (χ4n) is 2.65. The van der Waals surface area contributed by atoms with E-state index in [9.17, 15) is 9.59 Å². The van der Waals surface area contributed by atoms with E-state index < -0.39 is 0 Å². The highest BCUT2D eigenvalue weighted by Gasteiger charge is 2.18. The Balaban J connectivity index is 1.53. The fraction of sp³-hybridized carbons (Fsp3) is 0.300. The molecular formula is C20H23N5O2S2.